The Morgan fingerprint density at radius 1 is 1.24 bits per heavy atom. The van der Waals surface area contributed by atoms with Crippen LogP contribution in [0.3, 0.4) is 0 Å². The van der Waals surface area contributed by atoms with Crippen LogP contribution in [-0.4, -0.2) is 53.5 Å². The summed E-state index contributed by atoms with van der Waals surface area (Å²) in [7, 11) is 0. The Hall–Kier alpha value is -2.29. The molecule has 8 heteroatoms. The lowest BCUT2D eigenvalue weighted by atomic mass is 9.95. The van der Waals surface area contributed by atoms with Gasteiger partial charge in [0.25, 0.3) is 0 Å². The van der Waals surface area contributed by atoms with E-state index in [-0.39, 0.29) is 36.5 Å². The fourth-order valence-electron chi connectivity index (χ4n) is 3.67. The Kier molecular flexibility index (Phi) is 7.89. The highest BCUT2D eigenvalue weighted by molar-refractivity contribution is 5.97. The van der Waals surface area contributed by atoms with Crippen LogP contribution < -0.4 is 22.1 Å². The molecule has 1 saturated carbocycles. The first kappa shape index (κ1) is 23.0. The van der Waals surface area contributed by atoms with E-state index in [2.05, 4.69) is 10.6 Å². The van der Waals surface area contributed by atoms with Crippen molar-refractivity contribution in [2.45, 2.75) is 50.8 Å². The van der Waals surface area contributed by atoms with E-state index in [1.54, 1.807) is 0 Å². The smallest absolute Gasteiger partial charge is 0.246 e. The fraction of sp³-hybridized carbons (Fsp3) is 0.571. The summed E-state index contributed by atoms with van der Waals surface area (Å²) in [6.45, 7) is 3.42. The predicted molar refractivity (Wildman–Crippen MR) is 110 cm³/mol. The number of carbonyl (C=O) groups excluding carboxylic acids is 3. The van der Waals surface area contributed by atoms with Crippen molar-refractivity contribution in [2.75, 3.05) is 13.1 Å². The van der Waals surface area contributed by atoms with E-state index in [1.807, 2.05) is 30.3 Å². The van der Waals surface area contributed by atoms with Crippen LogP contribution in [0.5, 0.6) is 0 Å². The second-order valence-corrected chi connectivity index (χ2v) is 7.93. The molecule has 7 N–H and O–H groups in total. The van der Waals surface area contributed by atoms with Crippen LogP contribution in [-0.2, 0) is 20.8 Å². The molecule has 1 aromatic rings. The van der Waals surface area contributed by atoms with Gasteiger partial charge in [-0.25, -0.2) is 0 Å². The number of rotatable bonds is 11. The molecule has 8 nitrogen and oxygen atoms in total. The lowest BCUT2D eigenvalue weighted by Gasteiger charge is -2.25. The van der Waals surface area contributed by atoms with E-state index in [9.17, 15) is 19.5 Å². The summed E-state index contributed by atoms with van der Waals surface area (Å²) >= 11 is 0. The van der Waals surface area contributed by atoms with Crippen LogP contribution in [0, 0.1) is 11.8 Å². The molecule has 2 amide bonds. The summed E-state index contributed by atoms with van der Waals surface area (Å²) in [6.07, 6.45) is 0.119. The van der Waals surface area contributed by atoms with Crippen molar-refractivity contribution in [2.24, 2.45) is 23.3 Å². The first-order chi connectivity index (χ1) is 13.7. The molecule has 0 spiro atoms. The molecule has 5 atom stereocenters. The largest absolute Gasteiger partial charge is 0.391 e. The zero-order chi connectivity index (χ0) is 21.6. The van der Waals surface area contributed by atoms with Crippen LogP contribution in [0.4, 0.5) is 0 Å². The van der Waals surface area contributed by atoms with Crippen LogP contribution in [0.25, 0.3) is 0 Å². The van der Waals surface area contributed by atoms with E-state index in [1.165, 1.54) is 13.8 Å². The van der Waals surface area contributed by atoms with Crippen LogP contribution in [0.1, 0.15) is 32.3 Å². The molecule has 0 bridgehead atoms. The van der Waals surface area contributed by atoms with Gasteiger partial charge in [-0.3, -0.25) is 14.4 Å². The average Bonchev–Trinajstić information content (AvgIpc) is 3.40. The third-order valence-corrected chi connectivity index (χ3v) is 5.62. The number of nitrogens with two attached hydrogens (primary N) is 2. The Labute approximate surface area is 171 Å². The first-order valence-electron chi connectivity index (χ1n) is 9.98. The Morgan fingerprint density at radius 3 is 2.38 bits per heavy atom. The number of aliphatic hydroxyl groups is 1. The maximum Gasteiger partial charge on any atom is 0.246 e. The summed E-state index contributed by atoms with van der Waals surface area (Å²) < 4.78 is 0. The van der Waals surface area contributed by atoms with Crippen LogP contribution in [0.2, 0.25) is 0 Å². The van der Waals surface area contributed by atoms with Crippen molar-refractivity contribution in [3.63, 3.8) is 0 Å². The molecule has 0 heterocycles. The fourth-order valence-corrected chi connectivity index (χ4v) is 3.67. The van der Waals surface area contributed by atoms with Crippen LogP contribution >= 0.6 is 0 Å². The number of hydrogen-bond acceptors (Lipinski definition) is 6. The van der Waals surface area contributed by atoms with Crippen LogP contribution in [0.15, 0.2) is 30.3 Å². The molecule has 4 unspecified atom stereocenters. The normalized spacial score (nSPS) is 23.6. The van der Waals surface area contributed by atoms with Crippen molar-refractivity contribution in [1.82, 2.24) is 10.6 Å². The Morgan fingerprint density at radius 2 is 1.90 bits per heavy atom. The molecule has 2 rings (SSSR count). The highest BCUT2D eigenvalue weighted by atomic mass is 16.3. The standard InChI is InChI=1S/C21H32N4O4/c1-13(26)19(20(29)25-21(14(2)27)10-17(21)12-23)24-18(28)9-16(11-22)8-15-6-4-3-5-7-15/h3-7,13,16-17,19,26H,8-12,22-23H2,1-2H3,(H,24,28)(H,25,29)/t13?,16?,17?,19-,21?/m0/s1. The van der Waals surface area contributed by atoms with Gasteiger partial charge < -0.3 is 27.2 Å². The van der Waals surface area contributed by atoms with E-state index in [0.29, 0.717) is 19.4 Å². The van der Waals surface area contributed by atoms with Gasteiger partial charge in [0.05, 0.1) is 6.10 Å². The zero-order valence-corrected chi connectivity index (χ0v) is 17.1. The summed E-state index contributed by atoms with van der Waals surface area (Å²) in [5.41, 5.74) is 11.5. The molecule has 160 valence electrons. The van der Waals surface area contributed by atoms with Crippen molar-refractivity contribution >= 4 is 17.6 Å². The van der Waals surface area contributed by atoms with E-state index in [4.69, 9.17) is 11.5 Å². The topological polar surface area (TPSA) is 148 Å². The maximum absolute atomic E-state index is 12.7. The number of amides is 2. The summed E-state index contributed by atoms with van der Waals surface area (Å²) in [4.78, 5) is 37.2. The minimum atomic E-state index is -1.16. The van der Waals surface area contributed by atoms with Gasteiger partial charge in [0.2, 0.25) is 11.8 Å². The van der Waals surface area contributed by atoms with Crippen molar-refractivity contribution in [3.05, 3.63) is 35.9 Å². The van der Waals surface area contributed by atoms with E-state index < -0.39 is 23.6 Å². The molecule has 1 aliphatic carbocycles. The monoisotopic (exact) mass is 404 g/mol. The van der Waals surface area contributed by atoms with Gasteiger partial charge in [-0.1, -0.05) is 30.3 Å². The molecular formula is C21H32N4O4. The molecule has 1 aromatic carbocycles. The zero-order valence-electron chi connectivity index (χ0n) is 17.1. The Bertz CT molecular complexity index is 725. The first-order valence-corrected chi connectivity index (χ1v) is 9.98. The number of ketones is 1. The summed E-state index contributed by atoms with van der Waals surface area (Å²) in [6, 6.07) is 8.55. The quantitative estimate of drug-likeness (QED) is 0.335. The lowest BCUT2D eigenvalue weighted by Crippen LogP contribution is -2.57. The number of carbonyl (C=O) groups is 3. The molecular weight excluding hydrogens is 372 g/mol. The van der Waals surface area contributed by atoms with Gasteiger partial charge in [0.15, 0.2) is 5.78 Å². The summed E-state index contributed by atoms with van der Waals surface area (Å²) in [5.74, 6) is -1.36. The van der Waals surface area contributed by atoms with E-state index >= 15 is 0 Å². The number of aliphatic hydroxyl groups excluding tert-OH is 1. The third-order valence-electron chi connectivity index (χ3n) is 5.62. The van der Waals surface area contributed by atoms with Gasteiger partial charge in [-0.2, -0.15) is 0 Å². The second kappa shape index (κ2) is 9.96. The highest BCUT2D eigenvalue weighted by Gasteiger charge is 2.58. The third kappa shape index (κ3) is 5.85. The number of nitrogens with one attached hydrogen (secondary N) is 2. The predicted octanol–water partition coefficient (Wildman–Crippen LogP) is -0.518. The lowest BCUT2D eigenvalue weighted by molar-refractivity contribution is -0.134. The minimum absolute atomic E-state index is 0.0938. The molecule has 1 aliphatic rings. The number of benzene rings is 1. The van der Waals surface area contributed by atoms with Gasteiger partial charge in [-0.15, -0.1) is 0 Å². The molecule has 0 aliphatic heterocycles. The molecule has 29 heavy (non-hydrogen) atoms. The highest BCUT2D eigenvalue weighted by Crippen LogP contribution is 2.43. The molecule has 0 aromatic heterocycles. The minimum Gasteiger partial charge on any atom is -0.391 e. The van der Waals surface area contributed by atoms with Crippen molar-refractivity contribution in [3.8, 4) is 0 Å². The Balaban J connectivity index is 1.97. The van der Waals surface area contributed by atoms with Crippen molar-refractivity contribution in [1.29, 1.82) is 0 Å². The van der Waals surface area contributed by atoms with Crippen molar-refractivity contribution < 1.29 is 19.5 Å². The summed E-state index contributed by atoms with van der Waals surface area (Å²) in [5, 5.41) is 15.3. The van der Waals surface area contributed by atoms with Gasteiger partial charge in [-0.05, 0) is 51.3 Å². The second-order valence-electron chi connectivity index (χ2n) is 7.93. The van der Waals surface area contributed by atoms with E-state index in [0.717, 1.165) is 5.56 Å². The molecule has 1 fully saturated rings. The average molecular weight is 405 g/mol. The molecule has 0 saturated heterocycles. The van der Waals surface area contributed by atoms with Gasteiger partial charge in [0.1, 0.15) is 11.6 Å². The number of Topliss-reactive ketones (excluding diaryl/α,β-unsaturated/α-hetero) is 1. The maximum atomic E-state index is 12.7. The number of hydrogen-bond donors (Lipinski definition) is 5. The van der Waals surface area contributed by atoms with Gasteiger partial charge in [0, 0.05) is 12.3 Å². The SMILES string of the molecule is CC(=O)C1(NC(=O)[C@@H](NC(=O)CC(CN)Cc2ccccc2)C(C)O)CC1CN. The van der Waals surface area contributed by atoms with Gasteiger partial charge >= 0.3 is 0 Å². The molecule has 0 radical (unpaired) electrons.